The van der Waals surface area contributed by atoms with Crippen LogP contribution in [0.1, 0.15) is 56.6 Å². The zero-order valence-corrected chi connectivity index (χ0v) is 13.7. The number of benzene rings is 1. The summed E-state index contributed by atoms with van der Waals surface area (Å²) in [6.07, 6.45) is 9.30. The third-order valence-electron chi connectivity index (χ3n) is 4.50. The van der Waals surface area contributed by atoms with Gasteiger partial charge in [0.25, 0.3) is 0 Å². The van der Waals surface area contributed by atoms with Gasteiger partial charge in [-0.05, 0) is 64.0 Å². The Hall–Kier alpha value is -0.860. The molecule has 1 aromatic carbocycles. The summed E-state index contributed by atoms with van der Waals surface area (Å²) in [7, 11) is 0. The first kappa shape index (κ1) is 16.5. The van der Waals surface area contributed by atoms with Gasteiger partial charge in [-0.25, -0.2) is 0 Å². The van der Waals surface area contributed by atoms with E-state index in [0.29, 0.717) is 12.1 Å². The van der Waals surface area contributed by atoms with Crippen LogP contribution in [-0.4, -0.2) is 25.3 Å². The van der Waals surface area contributed by atoms with Crippen molar-refractivity contribution >= 4 is 0 Å². The Balaban J connectivity index is 1.68. The molecule has 2 heteroatoms. The van der Waals surface area contributed by atoms with E-state index < -0.39 is 0 Å². The predicted molar refractivity (Wildman–Crippen MR) is 89.8 cm³/mol. The van der Waals surface area contributed by atoms with Crippen LogP contribution in [0.4, 0.5) is 0 Å². The average Bonchev–Trinajstić information content (AvgIpc) is 3.00. The zero-order chi connectivity index (χ0) is 14.9. The van der Waals surface area contributed by atoms with Gasteiger partial charge in [0.1, 0.15) is 0 Å². The first-order valence-corrected chi connectivity index (χ1v) is 8.68. The van der Waals surface area contributed by atoms with E-state index in [-0.39, 0.29) is 0 Å². The van der Waals surface area contributed by atoms with Gasteiger partial charge in [0.05, 0.1) is 6.10 Å². The molecule has 1 N–H and O–H groups in total. The number of hydrogen-bond donors (Lipinski definition) is 1. The molecule has 2 nitrogen and oxygen atoms in total. The van der Waals surface area contributed by atoms with Crippen molar-refractivity contribution in [2.75, 3.05) is 13.2 Å². The highest BCUT2D eigenvalue weighted by Crippen LogP contribution is 2.19. The van der Waals surface area contributed by atoms with E-state index in [1.807, 2.05) is 0 Å². The molecule has 1 saturated heterocycles. The maximum Gasteiger partial charge on any atom is 0.0576 e. The van der Waals surface area contributed by atoms with Crippen molar-refractivity contribution in [1.29, 1.82) is 0 Å². The molecular weight excluding hydrogens is 258 g/mol. The molecule has 1 aliphatic rings. The van der Waals surface area contributed by atoms with Crippen LogP contribution in [0.15, 0.2) is 24.3 Å². The Morgan fingerprint density at radius 2 is 2.05 bits per heavy atom. The van der Waals surface area contributed by atoms with E-state index in [1.165, 1.54) is 56.1 Å². The molecule has 1 heterocycles. The quantitative estimate of drug-likeness (QED) is 0.733. The molecule has 1 aliphatic heterocycles. The van der Waals surface area contributed by atoms with Gasteiger partial charge in [0, 0.05) is 12.6 Å². The SMILES string of the molecule is CCNC(CCCC1CCCO1)CCc1ccc(C)cc1. The Bertz CT molecular complexity index is 381. The molecular formula is C19H31NO. The first-order chi connectivity index (χ1) is 10.3. The predicted octanol–water partition coefficient (Wildman–Crippen LogP) is 4.26. The molecule has 0 spiro atoms. The summed E-state index contributed by atoms with van der Waals surface area (Å²) in [5.74, 6) is 0. The smallest absolute Gasteiger partial charge is 0.0576 e. The van der Waals surface area contributed by atoms with Crippen LogP contribution in [0, 0.1) is 6.92 Å². The first-order valence-electron chi connectivity index (χ1n) is 8.68. The van der Waals surface area contributed by atoms with Crippen LogP contribution < -0.4 is 5.32 Å². The van der Waals surface area contributed by atoms with Crippen molar-refractivity contribution < 1.29 is 4.74 Å². The maximum absolute atomic E-state index is 5.71. The molecule has 2 unspecified atom stereocenters. The minimum absolute atomic E-state index is 0.546. The van der Waals surface area contributed by atoms with Gasteiger partial charge < -0.3 is 10.1 Å². The van der Waals surface area contributed by atoms with E-state index in [2.05, 4.69) is 43.4 Å². The van der Waals surface area contributed by atoms with Crippen molar-refractivity contribution in [2.45, 2.75) is 70.9 Å². The van der Waals surface area contributed by atoms with Gasteiger partial charge in [-0.1, -0.05) is 36.8 Å². The van der Waals surface area contributed by atoms with Gasteiger partial charge in [-0.15, -0.1) is 0 Å². The Kier molecular flexibility index (Phi) is 7.25. The standard InChI is InChI=1S/C19H31NO/c1-3-20-18(6-4-7-19-8-5-15-21-19)14-13-17-11-9-16(2)10-12-17/h9-12,18-20H,3-8,13-15H2,1-2H3. The average molecular weight is 289 g/mol. The van der Waals surface area contributed by atoms with Crippen molar-refractivity contribution in [3.05, 3.63) is 35.4 Å². The zero-order valence-electron chi connectivity index (χ0n) is 13.7. The number of rotatable bonds is 9. The molecule has 2 atom stereocenters. The summed E-state index contributed by atoms with van der Waals surface area (Å²) < 4.78 is 5.71. The van der Waals surface area contributed by atoms with Crippen LogP contribution in [0.25, 0.3) is 0 Å². The lowest BCUT2D eigenvalue weighted by Crippen LogP contribution is -2.29. The summed E-state index contributed by atoms with van der Waals surface area (Å²) in [6, 6.07) is 9.62. The summed E-state index contributed by atoms with van der Waals surface area (Å²) >= 11 is 0. The molecule has 1 fully saturated rings. The van der Waals surface area contributed by atoms with Gasteiger partial charge in [0.2, 0.25) is 0 Å². The van der Waals surface area contributed by atoms with E-state index >= 15 is 0 Å². The highest BCUT2D eigenvalue weighted by Gasteiger charge is 2.16. The van der Waals surface area contributed by atoms with Gasteiger partial charge >= 0.3 is 0 Å². The van der Waals surface area contributed by atoms with Crippen LogP contribution in [-0.2, 0) is 11.2 Å². The van der Waals surface area contributed by atoms with Crippen LogP contribution >= 0.6 is 0 Å². The molecule has 0 aliphatic carbocycles. The summed E-state index contributed by atoms with van der Waals surface area (Å²) in [5.41, 5.74) is 2.81. The third kappa shape index (κ3) is 6.19. The minimum Gasteiger partial charge on any atom is -0.378 e. The fraction of sp³-hybridized carbons (Fsp3) is 0.684. The Morgan fingerprint density at radius 3 is 2.71 bits per heavy atom. The van der Waals surface area contributed by atoms with E-state index in [4.69, 9.17) is 4.74 Å². The molecule has 0 bridgehead atoms. The molecule has 118 valence electrons. The Morgan fingerprint density at radius 1 is 1.24 bits per heavy atom. The van der Waals surface area contributed by atoms with Crippen molar-refractivity contribution in [3.63, 3.8) is 0 Å². The van der Waals surface area contributed by atoms with E-state index in [9.17, 15) is 0 Å². The van der Waals surface area contributed by atoms with Crippen LogP contribution in [0.3, 0.4) is 0 Å². The van der Waals surface area contributed by atoms with Gasteiger partial charge in [0.15, 0.2) is 0 Å². The monoisotopic (exact) mass is 289 g/mol. The molecule has 0 saturated carbocycles. The summed E-state index contributed by atoms with van der Waals surface area (Å²) in [5, 5.41) is 3.65. The lowest BCUT2D eigenvalue weighted by atomic mass is 9.99. The van der Waals surface area contributed by atoms with Crippen molar-refractivity contribution in [2.24, 2.45) is 0 Å². The van der Waals surface area contributed by atoms with Crippen LogP contribution in [0.2, 0.25) is 0 Å². The summed E-state index contributed by atoms with van der Waals surface area (Å²) in [4.78, 5) is 0. The van der Waals surface area contributed by atoms with Crippen molar-refractivity contribution in [1.82, 2.24) is 5.32 Å². The molecule has 0 radical (unpaired) electrons. The number of hydrogen-bond acceptors (Lipinski definition) is 2. The minimum atomic E-state index is 0.546. The second-order valence-corrected chi connectivity index (χ2v) is 6.34. The van der Waals surface area contributed by atoms with Gasteiger partial charge in [-0.2, -0.15) is 0 Å². The highest BCUT2D eigenvalue weighted by atomic mass is 16.5. The Labute approximate surface area is 130 Å². The maximum atomic E-state index is 5.71. The number of ether oxygens (including phenoxy) is 1. The number of nitrogens with one attached hydrogen (secondary N) is 1. The van der Waals surface area contributed by atoms with Gasteiger partial charge in [-0.3, -0.25) is 0 Å². The fourth-order valence-electron chi connectivity index (χ4n) is 3.20. The van der Waals surface area contributed by atoms with E-state index in [1.54, 1.807) is 0 Å². The fourth-order valence-corrected chi connectivity index (χ4v) is 3.20. The largest absolute Gasteiger partial charge is 0.378 e. The normalized spacial score (nSPS) is 19.8. The molecule has 0 amide bonds. The highest BCUT2D eigenvalue weighted by molar-refractivity contribution is 5.21. The molecule has 21 heavy (non-hydrogen) atoms. The van der Waals surface area contributed by atoms with Crippen molar-refractivity contribution in [3.8, 4) is 0 Å². The lowest BCUT2D eigenvalue weighted by molar-refractivity contribution is 0.101. The molecule has 2 rings (SSSR count). The third-order valence-corrected chi connectivity index (χ3v) is 4.50. The summed E-state index contributed by atoms with van der Waals surface area (Å²) in [6.45, 7) is 6.41. The lowest BCUT2D eigenvalue weighted by Gasteiger charge is -2.19. The topological polar surface area (TPSA) is 21.3 Å². The van der Waals surface area contributed by atoms with Crippen LogP contribution in [0.5, 0.6) is 0 Å². The molecule has 1 aromatic rings. The number of aryl methyl sites for hydroxylation is 2. The second kappa shape index (κ2) is 9.22. The molecule has 0 aromatic heterocycles. The second-order valence-electron chi connectivity index (χ2n) is 6.34. The van der Waals surface area contributed by atoms with E-state index in [0.717, 1.165) is 13.2 Å².